The third-order valence-corrected chi connectivity index (χ3v) is 7.77. The van der Waals surface area contributed by atoms with E-state index in [9.17, 15) is 9.59 Å². The van der Waals surface area contributed by atoms with Crippen molar-refractivity contribution in [2.75, 3.05) is 0 Å². The highest BCUT2D eigenvalue weighted by Crippen LogP contribution is 2.65. The fraction of sp³-hybridized carbons (Fsp3) is 0.308. The Labute approximate surface area is 170 Å². The first-order chi connectivity index (χ1) is 13.9. The Bertz CT molecular complexity index is 1170. The fourth-order valence-electron chi connectivity index (χ4n) is 6.47. The average molecular weight is 381 g/mol. The molecule has 4 aliphatic rings. The summed E-state index contributed by atoms with van der Waals surface area (Å²) in [6.07, 6.45) is 8.50. The van der Waals surface area contributed by atoms with E-state index in [0.717, 1.165) is 22.3 Å². The molecule has 3 heteroatoms. The van der Waals surface area contributed by atoms with Crippen LogP contribution in [-0.4, -0.2) is 22.8 Å². The summed E-state index contributed by atoms with van der Waals surface area (Å²) in [5.74, 6) is -0.0938. The van der Waals surface area contributed by atoms with Crippen LogP contribution in [-0.2, 0) is 25.8 Å². The molecule has 3 nitrogen and oxygen atoms in total. The number of nitrogens with zero attached hydrogens (tertiary/aromatic N) is 1. The SMILES string of the molecule is CC(C)N1C(=O)C23C=CC(c4ccccc42)C2(C)C=CC3(C1=O)c1ccccc12. The highest BCUT2D eigenvalue weighted by Gasteiger charge is 2.73. The normalized spacial score (nSPS) is 35.6. The van der Waals surface area contributed by atoms with E-state index >= 15 is 0 Å². The number of rotatable bonds is 1. The van der Waals surface area contributed by atoms with E-state index in [1.807, 2.05) is 38.1 Å². The lowest BCUT2D eigenvalue weighted by molar-refractivity contribution is -0.141. The van der Waals surface area contributed by atoms with E-state index in [0.29, 0.717) is 0 Å². The minimum atomic E-state index is -1.04. The van der Waals surface area contributed by atoms with Gasteiger partial charge in [-0.1, -0.05) is 79.8 Å². The molecule has 2 aromatic carbocycles. The Balaban J connectivity index is 1.86. The van der Waals surface area contributed by atoms with E-state index in [2.05, 4.69) is 55.5 Å². The zero-order chi connectivity index (χ0) is 20.2. The molecule has 0 aromatic heterocycles. The Morgan fingerprint density at radius 1 is 0.793 bits per heavy atom. The van der Waals surface area contributed by atoms with Gasteiger partial charge in [-0.3, -0.25) is 14.5 Å². The van der Waals surface area contributed by atoms with E-state index in [1.165, 1.54) is 4.90 Å². The van der Waals surface area contributed by atoms with Crippen LogP contribution < -0.4 is 0 Å². The fourth-order valence-corrected chi connectivity index (χ4v) is 6.47. The molecule has 4 unspecified atom stereocenters. The van der Waals surface area contributed by atoms with Gasteiger partial charge in [0, 0.05) is 17.4 Å². The van der Waals surface area contributed by atoms with Crippen molar-refractivity contribution in [3.05, 3.63) is 95.1 Å². The summed E-state index contributed by atoms with van der Waals surface area (Å²) in [4.78, 5) is 29.7. The third-order valence-electron chi connectivity index (χ3n) is 7.77. The molecule has 0 N–H and O–H groups in total. The standard InChI is InChI=1S/C26H23NO2/c1-16(2)27-22(28)25-13-12-18(17-8-4-5-9-19(17)25)24(3)14-15-26(25,23(27)29)21-11-7-6-10-20(21)24/h4-16,18H,1-3H3. The Hall–Kier alpha value is -2.94. The number of amides is 2. The molecule has 1 saturated heterocycles. The van der Waals surface area contributed by atoms with Gasteiger partial charge in [0.15, 0.2) is 0 Å². The van der Waals surface area contributed by atoms with Gasteiger partial charge in [0.05, 0.1) is 0 Å². The predicted octanol–water partition coefficient (Wildman–Crippen LogP) is 4.13. The van der Waals surface area contributed by atoms with Crippen molar-refractivity contribution in [3.63, 3.8) is 0 Å². The molecule has 4 atom stereocenters. The first kappa shape index (κ1) is 17.0. The molecule has 0 radical (unpaired) electrons. The highest BCUT2D eigenvalue weighted by molar-refractivity contribution is 6.19. The maximum Gasteiger partial charge on any atom is 0.245 e. The van der Waals surface area contributed by atoms with E-state index in [-0.39, 0.29) is 29.2 Å². The molecule has 3 aliphatic carbocycles. The van der Waals surface area contributed by atoms with Gasteiger partial charge in [-0.25, -0.2) is 0 Å². The van der Waals surface area contributed by atoms with Crippen molar-refractivity contribution < 1.29 is 9.59 Å². The van der Waals surface area contributed by atoms with Gasteiger partial charge < -0.3 is 0 Å². The van der Waals surface area contributed by atoms with Crippen molar-refractivity contribution >= 4 is 11.8 Å². The largest absolute Gasteiger partial charge is 0.278 e. The van der Waals surface area contributed by atoms with Gasteiger partial charge in [-0.2, -0.15) is 0 Å². The maximum atomic E-state index is 14.1. The van der Waals surface area contributed by atoms with E-state index < -0.39 is 10.8 Å². The Morgan fingerprint density at radius 2 is 1.38 bits per heavy atom. The number of allylic oxidation sites excluding steroid dienone is 2. The van der Waals surface area contributed by atoms with Crippen LogP contribution in [0.3, 0.4) is 0 Å². The first-order valence-corrected chi connectivity index (χ1v) is 10.4. The molecule has 6 rings (SSSR count). The lowest BCUT2D eigenvalue weighted by Crippen LogP contribution is -2.57. The predicted molar refractivity (Wildman–Crippen MR) is 112 cm³/mol. The summed E-state index contributed by atoms with van der Waals surface area (Å²) in [5.41, 5.74) is 1.94. The van der Waals surface area contributed by atoms with Gasteiger partial charge in [-0.05, 0) is 36.1 Å². The summed E-state index contributed by atoms with van der Waals surface area (Å²) in [6.45, 7) is 6.10. The van der Waals surface area contributed by atoms with Crippen LogP contribution in [0.15, 0.2) is 72.8 Å². The van der Waals surface area contributed by atoms with Gasteiger partial charge in [0.1, 0.15) is 10.8 Å². The molecule has 4 bridgehead atoms. The molecule has 2 aromatic rings. The molecule has 0 saturated carbocycles. The van der Waals surface area contributed by atoms with Crippen LogP contribution in [0.5, 0.6) is 0 Å². The second-order valence-corrected chi connectivity index (χ2v) is 9.28. The molecular weight excluding hydrogens is 358 g/mol. The van der Waals surface area contributed by atoms with Crippen LogP contribution >= 0.6 is 0 Å². The first-order valence-electron chi connectivity index (χ1n) is 10.4. The van der Waals surface area contributed by atoms with Gasteiger partial charge >= 0.3 is 0 Å². The number of carbonyl (C=O) groups excluding carboxylic acids is 2. The minimum absolute atomic E-state index is 0.107. The summed E-state index contributed by atoms with van der Waals surface area (Å²) in [7, 11) is 0. The highest BCUT2D eigenvalue weighted by atomic mass is 16.2. The number of carbonyl (C=O) groups is 2. The quantitative estimate of drug-likeness (QED) is 0.550. The molecule has 29 heavy (non-hydrogen) atoms. The lowest BCUT2D eigenvalue weighted by Gasteiger charge is -2.54. The van der Waals surface area contributed by atoms with Crippen LogP contribution in [0.4, 0.5) is 0 Å². The van der Waals surface area contributed by atoms with Crippen LogP contribution in [0, 0.1) is 0 Å². The lowest BCUT2D eigenvalue weighted by atomic mass is 9.45. The average Bonchev–Trinajstić information content (AvgIpc) is 2.88. The molecule has 144 valence electrons. The van der Waals surface area contributed by atoms with Crippen LogP contribution in [0.25, 0.3) is 0 Å². The molecule has 2 amide bonds. The Morgan fingerprint density at radius 3 is 2.07 bits per heavy atom. The molecule has 1 heterocycles. The van der Waals surface area contributed by atoms with Gasteiger partial charge in [0.2, 0.25) is 11.8 Å². The van der Waals surface area contributed by atoms with Crippen molar-refractivity contribution in [2.24, 2.45) is 0 Å². The number of hydrogen-bond donors (Lipinski definition) is 0. The zero-order valence-electron chi connectivity index (χ0n) is 16.8. The summed E-state index contributed by atoms with van der Waals surface area (Å²) in [5, 5.41) is 0. The number of fused-ring (bicyclic) bond motifs is 1. The van der Waals surface area contributed by atoms with Crippen molar-refractivity contribution in [2.45, 2.75) is 49.0 Å². The monoisotopic (exact) mass is 381 g/mol. The van der Waals surface area contributed by atoms with Gasteiger partial charge in [0.25, 0.3) is 0 Å². The smallest absolute Gasteiger partial charge is 0.245 e. The number of hydrogen-bond acceptors (Lipinski definition) is 2. The van der Waals surface area contributed by atoms with Crippen molar-refractivity contribution in [1.29, 1.82) is 0 Å². The maximum absolute atomic E-state index is 14.1. The molecule has 1 fully saturated rings. The molecule has 2 spiro atoms. The number of likely N-dealkylation sites (tertiary alicyclic amines) is 1. The summed E-state index contributed by atoms with van der Waals surface area (Å²) < 4.78 is 0. The van der Waals surface area contributed by atoms with Crippen LogP contribution in [0.1, 0.15) is 48.9 Å². The number of benzene rings is 2. The van der Waals surface area contributed by atoms with Crippen LogP contribution in [0.2, 0.25) is 0 Å². The molecular formula is C26H23NO2. The Kier molecular flexibility index (Phi) is 2.90. The second kappa shape index (κ2) is 4.96. The van der Waals surface area contributed by atoms with Crippen molar-refractivity contribution in [1.82, 2.24) is 4.90 Å². The second-order valence-electron chi connectivity index (χ2n) is 9.28. The molecule has 1 aliphatic heterocycles. The number of imide groups is 1. The minimum Gasteiger partial charge on any atom is -0.278 e. The summed E-state index contributed by atoms with van der Waals surface area (Å²) in [6, 6.07) is 16.3. The van der Waals surface area contributed by atoms with Gasteiger partial charge in [-0.15, -0.1) is 0 Å². The van der Waals surface area contributed by atoms with E-state index in [4.69, 9.17) is 0 Å². The van der Waals surface area contributed by atoms with E-state index in [1.54, 1.807) is 0 Å². The summed E-state index contributed by atoms with van der Waals surface area (Å²) >= 11 is 0. The third kappa shape index (κ3) is 1.54. The van der Waals surface area contributed by atoms with Crippen molar-refractivity contribution in [3.8, 4) is 0 Å². The topological polar surface area (TPSA) is 37.4 Å². The zero-order valence-corrected chi connectivity index (χ0v) is 16.8.